The van der Waals surface area contributed by atoms with Gasteiger partial charge in [0.15, 0.2) is 0 Å². The van der Waals surface area contributed by atoms with Crippen molar-refractivity contribution in [3.05, 3.63) is 48.0 Å². The monoisotopic (exact) mass is 308 g/mol. The Hall–Kier alpha value is -1.73. The molecule has 2 aromatic rings. The third-order valence-corrected chi connectivity index (χ3v) is 4.45. The summed E-state index contributed by atoms with van der Waals surface area (Å²) in [7, 11) is -3.42. The number of benzene rings is 1. The van der Waals surface area contributed by atoms with Gasteiger partial charge < -0.3 is 0 Å². The SMILES string of the molecule is CCCn1ncnc1[C@H](C)NS(=O)(=O)Cc1ccccc1. The Bertz CT molecular complexity index is 667. The molecule has 0 saturated carbocycles. The lowest BCUT2D eigenvalue weighted by molar-refractivity contribution is 0.515. The van der Waals surface area contributed by atoms with Crippen molar-refractivity contribution in [3.63, 3.8) is 0 Å². The molecule has 114 valence electrons. The van der Waals surface area contributed by atoms with Crippen LogP contribution in [0.5, 0.6) is 0 Å². The maximum Gasteiger partial charge on any atom is 0.216 e. The van der Waals surface area contributed by atoms with Gasteiger partial charge in [0.2, 0.25) is 10.0 Å². The molecule has 1 N–H and O–H groups in total. The molecule has 0 saturated heterocycles. The average molecular weight is 308 g/mol. The van der Waals surface area contributed by atoms with Crippen LogP contribution in [0.15, 0.2) is 36.7 Å². The van der Waals surface area contributed by atoms with Crippen molar-refractivity contribution < 1.29 is 8.42 Å². The second-order valence-electron chi connectivity index (χ2n) is 4.93. The summed E-state index contributed by atoms with van der Waals surface area (Å²) in [5.74, 6) is 0.591. The summed E-state index contributed by atoms with van der Waals surface area (Å²) in [5.41, 5.74) is 0.757. The lowest BCUT2D eigenvalue weighted by Gasteiger charge is -2.14. The molecular formula is C14H20N4O2S. The standard InChI is InChI=1S/C14H20N4O2S/c1-3-9-18-14(15-11-16-18)12(2)17-21(19,20)10-13-7-5-4-6-8-13/h4-8,11-12,17H,3,9-10H2,1-2H3/t12-/m0/s1. The number of aryl methyl sites for hydroxylation is 1. The fourth-order valence-corrected chi connectivity index (χ4v) is 3.51. The highest BCUT2D eigenvalue weighted by atomic mass is 32.2. The fourth-order valence-electron chi connectivity index (χ4n) is 2.15. The number of hydrogen-bond donors (Lipinski definition) is 1. The Balaban J connectivity index is 2.07. The number of nitrogens with zero attached hydrogens (tertiary/aromatic N) is 3. The Labute approximate surface area is 125 Å². The largest absolute Gasteiger partial charge is 0.249 e. The third-order valence-electron chi connectivity index (χ3n) is 3.02. The van der Waals surface area contributed by atoms with Crippen molar-refractivity contribution >= 4 is 10.0 Å². The molecule has 0 aliphatic rings. The molecule has 1 aromatic heterocycles. The van der Waals surface area contributed by atoms with Crippen LogP contribution in [0.3, 0.4) is 0 Å². The first-order chi connectivity index (χ1) is 10.0. The second kappa shape index (κ2) is 6.82. The Kier molecular flexibility index (Phi) is 5.08. The molecule has 1 heterocycles. The summed E-state index contributed by atoms with van der Waals surface area (Å²) in [6, 6.07) is 8.69. The maximum atomic E-state index is 12.2. The van der Waals surface area contributed by atoms with E-state index in [0.717, 1.165) is 18.5 Å². The van der Waals surface area contributed by atoms with Crippen molar-refractivity contribution in [2.24, 2.45) is 0 Å². The predicted molar refractivity (Wildman–Crippen MR) is 80.9 cm³/mol. The molecule has 2 rings (SSSR count). The van der Waals surface area contributed by atoms with Crippen LogP contribution in [0.1, 0.15) is 37.7 Å². The molecule has 21 heavy (non-hydrogen) atoms. The topological polar surface area (TPSA) is 76.9 Å². The van der Waals surface area contributed by atoms with Gasteiger partial charge in [0.05, 0.1) is 11.8 Å². The molecule has 7 heteroatoms. The van der Waals surface area contributed by atoms with Crippen LogP contribution in [-0.4, -0.2) is 23.2 Å². The minimum absolute atomic E-state index is 0.0416. The molecule has 1 atom stereocenters. The van der Waals surface area contributed by atoms with E-state index in [2.05, 4.69) is 14.8 Å². The molecular weight excluding hydrogens is 288 g/mol. The van der Waals surface area contributed by atoms with Crippen LogP contribution >= 0.6 is 0 Å². The third kappa shape index (κ3) is 4.37. The smallest absolute Gasteiger partial charge is 0.216 e. The van der Waals surface area contributed by atoms with E-state index < -0.39 is 16.1 Å². The van der Waals surface area contributed by atoms with Gasteiger partial charge in [0.25, 0.3) is 0 Å². The van der Waals surface area contributed by atoms with E-state index in [1.54, 1.807) is 23.7 Å². The van der Waals surface area contributed by atoms with Crippen molar-refractivity contribution in [2.75, 3.05) is 0 Å². The fraction of sp³-hybridized carbons (Fsp3) is 0.429. The summed E-state index contributed by atoms with van der Waals surface area (Å²) in [4.78, 5) is 4.15. The first-order valence-electron chi connectivity index (χ1n) is 6.93. The van der Waals surface area contributed by atoms with E-state index in [0.29, 0.717) is 5.82 Å². The molecule has 0 aliphatic carbocycles. The number of rotatable bonds is 7. The van der Waals surface area contributed by atoms with E-state index >= 15 is 0 Å². The zero-order valence-electron chi connectivity index (χ0n) is 12.2. The highest BCUT2D eigenvalue weighted by molar-refractivity contribution is 7.88. The molecule has 0 amide bonds. The molecule has 0 fully saturated rings. The molecule has 6 nitrogen and oxygen atoms in total. The Morgan fingerprint density at radius 3 is 2.67 bits per heavy atom. The maximum absolute atomic E-state index is 12.2. The van der Waals surface area contributed by atoms with E-state index in [1.165, 1.54) is 6.33 Å². The van der Waals surface area contributed by atoms with Crippen LogP contribution < -0.4 is 4.72 Å². The molecule has 0 bridgehead atoms. The van der Waals surface area contributed by atoms with Crippen molar-refractivity contribution in [2.45, 2.75) is 38.6 Å². The lowest BCUT2D eigenvalue weighted by atomic mass is 10.2. The minimum atomic E-state index is -3.42. The molecule has 0 radical (unpaired) electrons. The molecule has 1 aromatic carbocycles. The van der Waals surface area contributed by atoms with E-state index in [9.17, 15) is 8.42 Å². The Morgan fingerprint density at radius 2 is 2.00 bits per heavy atom. The van der Waals surface area contributed by atoms with Gasteiger partial charge in [0, 0.05) is 6.54 Å². The van der Waals surface area contributed by atoms with E-state index in [4.69, 9.17) is 0 Å². The number of sulfonamides is 1. The zero-order chi connectivity index (χ0) is 15.3. The summed E-state index contributed by atoms with van der Waals surface area (Å²) in [5, 5.41) is 4.11. The van der Waals surface area contributed by atoms with Crippen LogP contribution in [0.25, 0.3) is 0 Å². The lowest BCUT2D eigenvalue weighted by Crippen LogP contribution is -2.30. The van der Waals surface area contributed by atoms with Crippen LogP contribution in [-0.2, 0) is 22.3 Å². The van der Waals surface area contributed by atoms with Crippen LogP contribution in [0.4, 0.5) is 0 Å². The predicted octanol–water partition coefficient (Wildman–Crippen LogP) is 1.87. The first kappa shape index (κ1) is 15.7. The van der Waals surface area contributed by atoms with Gasteiger partial charge in [-0.25, -0.2) is 22.8 Å². The van der Waals surface area contributed by atoms with Gasteiger partial charge >= 0.3 is 0 Å². The highest BCUT2D eigenvalue weighted by Crippen LogP contribution is 2.13. The van der Waals surface area contributed by atoms with Gasteiger partial charge in [0.1, 0.15) is 12.2 Å². The van der Waals surface area contributed by atoms with Gasteiger partial charge in [-0.15, -0.1) is 0 Å². The molecule has 0 unspecified atom stereocenters. The van der Waals surface area contributed by atoms with Gasteiger partial charge in [-0.1, -0.05) is 37.3 Å². The number of aromatic nitrogens is 3. The zero-order valence-corrected chi connectivity index (χ0v) is 13.0. The highest BCUT2D eigenvalue weighted by Gasteiger charge is 2.20. The molecule has 0 aliphatic heterocycles. The van der Waals surface area contributed by atoms with Crippen molar-refractivity contribution in [1.29, 1.82) is 0 Å². The number of hydrogen-bond acceptors (Lipinski definition) is 4. The normalized spacial score (nSPS) is 13.2. The molecule has 0 spiro atoms. The second-order valence-corrected chi connectivity index (χ2v) is 6.68. The van der Waals surface area contributed by atoms with E-state index in [-0.39, 0.29) is 5.75 Å². The summed E-state index contributed by atoms with van der Waals surface area (Å²) >= 11 is 0. The van der Waals surface area contributed by atoms with Gasteiger partial charge in [-0.2, -0.15) is 5.10 Å². The van der Waals surface area contributed by atoms with Gasteiger partial charge in [-0.05, 0) is 18.9 Å². The van der Waals surface area contributed by atoms with Crippen molar-refractivity contribution in [1.82, 2.24) is 19.5 Å². The van der Waals surface area contributed by atoms with Gasteiger partial charge in [-0.3, -0.25) is 0 Å². The van der Waals surface area contributed by atoms with E-state index in [1.807, 2.05) is 25.1 Å². The first-order valence-corrected chi connectivity index (χ1v) is 8.58. The summed E-state index contributed by atoms with van der Waals surface area (Å²) in [6.45, 7) is 4.54. The minimum Gasteiger partial charge on any atom is -0.249 e. The average Bonchev–Trinajstić information content (AvgIpc) is 2.87. The summed E-state index contributed by atoms with van der Waals surface area (Å²) < 4.78 is 28.8. The quantitative estimate of drug-likeness (QED) is 0.847. The Morgan fingerprint density at radius 1 is 1.29 bits per heavy atom. The number of nitrogens with one attached hydrogen (secondary N) is 1. The van der Waals surface area contributed by atoms with Crippen LogP contribution in [0, 0.1) is 0 Å². The van der Waals surface area contributed by atoms with Crippen LogP contribution in [0.2, 0.25) is 0 Å². The van der Waals surface area contributed by atoms with Crippen molar-refractivity contribution in [3.8, 4) is 0 Å². The summed E-state index contributed by atoms with van der Waals surface area (Å²) in [6.07, 6.45) is 2.37.